The van der Waals surface area contributed by atoms with Crippen molar-refractivity contribution in [1.29, 1.82) is 5.26 Å². The predicted octanol–water partition coefficient (Wildman–Crippen LogP) is 2.55. The van der Waals surface area contributed by atoms with Crippen molar-refractivity contribution in [3.05, 3.63) is 17.5 Å². The van der Waals surface area contributed by atoms with Crippen LogP contribution in [0, 0.1) is 22.7 Å². The zero-order valence-corrected chi connectivity index (χ0v) is 12.7. The summed E-state index contributed by atoms with van der Waals surface area (Å²) in [6.07, 6.45) is 0. The Morgan fingerprint density at radius 3 is 2.50 bits per heavy atom. The first-order valence-corrected chi connectivity index (χ1v) is 7.91. The van der Waals surface area contributed by atoms with Gasteiger partial charge in [0.15, 0.2) is 0 Å². The van der Waals surface area contributed by atoms with Gasteiger partial charge in [0.2, 0.25) is 0 Å². The standard InChI is InChI=1S/C12H18N2O2S2/c1-12(2,3)10(8-13)9-14(4)18(15,16)11-6-5-7-17-11/h5-7,10H,9H2,1-4H3/t10-/m1/s1. The molecule has 0 amide bonds. The molecule has 0 N–H and O–H groups in total. The van der Waals surface area contributed by atoms with Crippen LogP contribution in [0.15, 0.2) is 21.7 Å². The smallest absolute Gasteiger partial charge is 0.206 e. The summed E-state index contributed by atoms with van der Waals surface area (Å²) >= 11 is 1.19. The van der Waals surface area contributed by atoms with Crippen molar-refractivity contribution in [3.63, 3.8) is 0 Å². The Morgan fingerprint density at radius 2 is 2.11 bits per heavy atom. The fraction of sp³-hybridized carbons (Fsp3) is 0.583. The van der Waals surface area contributed by atoms with Crippen LogP contribution in [0.25, 0.3) is 0 Å². The van der Waals surface area contributed by atoms with Crippen molar-refractivity contribution in [2.45, 2.75) is 25.0 Å². The van der Waals surface area contributed by atoms with E-state index in [1.807, 2.05) is 20.8 Å². The second kappa shape index (κ2) is 5.39. The van der Waals surface area contributed by atoms with E-state index in [1.165, 1.54) is 22.7 Å². The number of hydrogen-bond donors (Lipinski definition) is 0. The first-order valence-electron chi connectivity index (χ1n) is 5.59. The quantitative estimate of drug-likeness (QED) is 0.854. The molecule has 1 heterocycles. The van der Waals surface area contributed by atoms with Crippen LogP contribution in [0.3, 0.4) is 0 Å². The molecular formula is C12H18N2O2S2. The van der Waals surface area contributed by atoms with Crippen LogP contribution < -0.4 is 0 Å². The maximum Gasteiger partial charge on any atom is 0.252 e. The van der Waals surface area contributed by atoms with Crippen LogP contribution in [-0.2, 0) is 10.0 Å². The molecule has 0 saturated heterocycles. The molecule has 100 valence electrons. The summed E-state index contributed by atoms with van der Waals surface area (Å²) in [5.41, 5.74) is -0.242. The summed E-state index contributed by atoms with van der Waals surface area (Å²) in [6, 6.07) is 5.47. The first kappa shape index (κ1) is 15.2. The number of nitriles is 1. The van der Waals surface area contributed by atoms with Gasteiger partial charge in [-0.3, -0.25) is 0 Å². The van der Waals surface area contributed by atoms with E-state index in [4.69, 9.17) is 5.26 Å². The molecule has 0 aromatic carbocycles. The van der Waals surface area contributed by atoms with E-state index >= 15 is 0 Å². The molecule has 6 heteroatoms. The molecule has 1 atom stereocenters. The molecule has 1 rings (SSSR count). The third kappa shape index (κ3) is 3.31. The van der Waals surface area contributed by atoms with Crippen molar-refractivity contribution in [2.24, 2.45) is 11.3 Å². The van der Waals surface area contributed by atoms with E-state index in [9.17, 15) is 8.42 Å². The summed E-state index contributed by atoms with van der Waals surface area (Å²) in [5, 5.41) is 10.9. The van der Waals surface area contributed by atoms with Crippen molar-refractivity contribution in [1.82, 2.24) is 4.31 Å². The summed E-state index contributed by atoms with van der Waals surface area (Å²) in [7, 11) is -1.94. The lowest BCUT2D eigenvalue weighted by Gasteiger charge is -2.28. The second-order valence-corrected chi connectivity index (χ2v) is 8.48. The molecule has 0 spiro atoms. The van der Waals surface area contributed by atoms with Gasteiger partial charge in [-0.2, -0.15) is 9.57 Å². The van der Waals surface area contributed by atoms with Crippen LogP contribution in [0.1, 0.15) is 20.8 Å². The topological polar surface area (TPSA) is 61.2 Å². The minimum atomic E-state index is -3.46. The van der Waals surface area contributed by atoms with Crippen molar-refractivity contribution >= 4 is 21.4 Å². The molecule has 0 unspecified atom stereocenters. The minimum Gasteiger partial charge on any atom is -0.206 e. The van der Waals surface area contributed by atoms with Gasteiger partial charge in [-0.15, -0.1) is 11.3 Å². The van der Waals surface area contributed by atoms with Crippen LogP contribution in [0.5, 0.6) is 0 Å². The van der Waals surface area contributed by atoms with Gasteiger partial charge in [-0.1, -0.05) is 26.8 Å². The highest BCUT2D eigenvalue weighted by Gasteiger charge is 2.30. The fourth-order valence-electron chi connectivity index (χ4n) is 1.43. The lowest BCUT2D eigenvalue weighted by molar-refractivity contribution is 0.261. The molecule has 0 radical (unpaired) electrons. The third-order valence-corrected chi connectivity index (χ3v) is 6.00. The molecule has 1 aromatic heterocycles. The minimum absolute atomic E-state index is 0.209. The zero-order valence-electron chi connectivity index (χ0n) is 11.0. The van der Waals surface area contributed by atoms with E-state index in [1.54, 1.807) is 17.5 Å². The summed E-state index contributed by atoms with van der Waals surface area (Å²) in [6.45, 7) is 6.02. The van der Waals surface area contributed by atoms with Gasteiger partial charge in [-0.05, 0) is 16.9 Å². The first-order chi connectivity index (χ1) is 8.19. The summed E-state index contributed by atoms with van der Waals surface area (Å²) in [5.74, 6) is -0.336. The van der Waals surface area contributed by atoms with E-state index in [-0.39, 0.29) is 17.9 Å². The SMILES string of the molecule is CN(C[C@@H](C#N)C(C)(C)C)S(=O)(=O)c1cccs1. The van der Waals surface area contributed by atoms with E-state index in [0.717, 1.165) is 0 Å². The van der Waals surface area contributed by atoms with Gasteiger partial charge >= 0.3 is 0 Å². The van der Waals surface area contributed by atoms with Crippen molar-refractivity contribution < 1.29 is 8.42 Å². The Kier molecular flexibility index (Phi) is 4.54. The zero-order chi connectivity index (χ0) is 14.0. The number of sulfonamides is 1. The Hall–Kier alpha value is -0.900. The number of hydrogen-bond acceptors (Lipinski definition) is 4. The molecule has 0 fully saturated rings. The molecular weight excluding hydrogens is 268 g/mol. The lowest BCUT2D eigenvalue weighted by Crippen LogP contribution is -2.35. The largest absolute Gasteiger partial charge is 0.252 e. The van der Waals surface area contributed by atoms with Gasteiger partial charge in [0.1, 0.15) is 4.21 Å². The molecule has 0 saturated carbocycles. The van der Waals surface area contributed by atoms with Crippen LogP contribution >= 0.6 is 11.3 Å². The Morgan fingerprint density at radius 1 is 1.50 bits per heavy atom. The fourth-order valence-corrected chi connectivity index (χ4v) is 3.81. The van der Waals surface area contributed by atoms with Crippen molar-refractivity contribution in [2.75, 3.05) is 13.6 Å². The van der Waals surface area contributed by atoms with Crippen LogP contribution in [0.4, 0.5) is 0 Å². The Labute approximate surface area is 113 Å². The molecule has 4 nitrogen and oxygen atoms in total. The van der Waals surface area contributed by atoms with Crippen LogP contribution in [0.2, 0.25) is 0 Å². The maximum atomic E-state index is 12.2. The van der Waals surface area contributed by atoms with Gasteiger partial charge < -0.3 is 0 Å². The normalized spacial score (nSPS) is 14.4. The van der Waals surface area contributed by atoms with Crippen molar-refractivity contribution in [3.8, 4) is 6.07 Å². The predicted molar refractivity (Wildman–Crippen MR) is 72.7 cm³/mol. The van der Waals surface area contributed by atoms with E-state index in [2.05, 4.69) is 6.07 Å². The van der Waals surface area contributed by atoms with Gasteiger partial charge in [-0.25, -0.2) is 8.42 Å². The number of rotatable bonds is 4. The highest BCUT2D eigenvalue weighted by Crippen LogP contribution is 2.28. The van der Waals surface area contributed by atoms with E-state index in [0.29, 0.717) is 4.21 Å². The Balaban J connectivity index is 2.90. The average molecular weight is 286 g/mol. The second-order valence-electron chi connectivity index (χ2n) is 5.27. The molecule has 1 aromatic rings. The van der Waals surface area contributed by atoms with Crippen LogP contribution in [-0.4, -0.2) is 26.3 Å². The summed E-state index contributed by atoms with van der Waals surface area (Å²) in [4.78, 5) is 0. The molecule has 0 aliphatic rings. The maximum absolute atomic E-state index is 12.2. The highest BCUT2D eigenvalue weighted by molar-refractivity contribution is 7.91. The molecule has 18 heavy (non-hydrogen) atoms. The molecule has 0 aliphatic carbocycles. The Bertz CT molecular complexity index is 521. The molecule has 0 aliphatic heterocycles. The number of thiophene rings is 1. The third-order valence-electron chi connectivity index (χ3n) is 2.80. The highest BCUT2D eigenvalue weighted by atomic mass is 32.2. The molecule has 0 bridgehead atoms. The summed E-state index contributed by atoms with van der Waals surface area (Å²) < 4.78 is 26.0. The monoisotopic (exact) mass is 286 g/mol. The van der Waals surface area contributed by atoms with Gasteiger partial charge in [0.05, 0.1) is 12.0 Å². The van der Waals surface area contributed by atoms with Gasteiger partial charge in [0.25, 0.3) is 10.0 Å². The van der Waals surface area contributed by atoms with E-state index < -0.39 is 10.0 Å². The lowest BCUT2D eigenvalue weighted by atomic mass is 9.82. The van der Waals surface area contributed by atoms with Gasteiger partial charge in [0, 0.05) is 13.6 Å². The number of nitrogens with zero attached hydrogens (tertiary/aromatic N) is 2. The average Bonchev–Trinajstić information content (AvgIpc) is 2.77.